The van der Waals surface area contributed by atoms with Gasteiger partial charge in [0.05, 0.1) is 39.9 Å². The molecule has 0 aromatic rings. The van der Waals surface area contributed by atoms with Crippen LogP contribution in [0.1, 0.15) is 284 Å². The summed E-state index contributed by atoms with van der Waals surface area (Å²) in [5, 5.41) is 13.9. The number of quaternary nitrogens is 1. The van der Waals surface area contributed by atoms with Crippen LogP contribution in [0.15, 0.2) is 36.5 Å². The monoisotopic (exact) mass is 979 g/mol. The molecule has 0 saturated heterocycles. The predicted octanol–water partition coefficient (Wildman–Crippen LogP) is 17.1. The molecule has 0 bridgehead atoms. The summed E-state index contributed by atoms with van der Waals surface area (Å²) in [5.41, 5.74) is 0. The number of hydrogen-bond donors (Lipinski definition) is 2. The number of phosphoric acid groups is 1. The van der Waals surface area contributed by atoms with E-state index < -0.39 is 20.0 Å². The number of aliphatic hydroxyl groups is 1. The maximum Gasteiger partial charge on any atom is 0.268 e. The third-order valence-corrected chi connectivity index (χ3v) is 14.3. The summed E-state index contributed by atoms with van der Waals surface area (Å²) in [6.45, 7) is 4.67. The molecule has 0 radical (unpaired) electrons. The van der Waals surface area contributed by atoms with Gasteiger partial charge in [-0.1, -0.05) is 262 Å². The highest BCUT2D eigenvalue weighted by Gasteiger charge is 2.23. The SMILES string of the molecule is CCCCCCC/C=C\C/C=C\CCCCCCCCCCCCCCCCCCCC(=O)NC(COP(=O)([O-])OCC[N+](C)(C)C)C(O)/C=C/CCCCCCCCCCCCCCCCC. The number of nitrogens with zero attached hydrogens (tertiary/aromatic N) is 1. The predicted molar refractivity (Wildman–Crippen MR) is 293 cm³/mol. The van der Waals surface area contributed by atoms with Gasteiger partial charge >= 0.3 is 0 Å². The third-order valence-electron chi connectivity index (χ3n) is 13.3. The van der Waals surface area contributed by atoms with Crippen molar-refractivity contribution in [2.24, 2.45) is 0 Å². The third kappa shape index (κ3) is 52.5. The minimum absolute atomic E-state index is 0.000421. The van der Waals surface area contributed by atoms with Gasteiger partial charge in [-0.25, -0.2) is 0 Å². The van der Waals surface area contributed by atoms with Crippen LogP contribution in [0.5, 0.6) is 0 Å². The molecule has 3 unspecified atom stereocenters. The summed E-state index contributed by atoms with van der Waals surface area (Å²) < 4.78 is 23.3. The number of nitrogens with one attached hydrogen (secondary N) is 1. The summed E-state index contributed by atoms with van der Waals surface area (Å²) >= 11 is 0. The van der Waals surface area contributed by atoms with E-state index in [4.69, 9.17) is 9.05 Å². The van der Waals surface area contributed by atoms with Crippen molar-refractivity contribution < 1.29 is 32.9 Å². The number of phosphoric ester groups is 1. The lowest BCUT2D eigenvalue weighted by Gasteiger charge is -2.29. The molecule has 0 fully saturated rings. The molecule has 402 valence electrons. The van der Waals surface area contributed by atoms with Crippen LogP contribution in [0.2, 0.25) is 0 Å². The summed E-state index contributed by atoms with van der Waals surface area (Å²) in [7, 11) is 1.27. The number of unbranched alkanes of at least 4 members (excludes halogenated alkanes) is 37. The van der Waals surface area contributed by atoms with Gasteiger partial charge in [0, 0.05) is 6.42 Å². The van der Waals surface area contributed by atoms with Crippen LogP contribution in [0.25, 0.3) is 0 Å². The van der Waals surface area contributed by atoms with Gasteiger partial charge in [0.1, 0.15) is 13.2 Å². The minimum atomic E-state index is -4.59. The number of carbonyl (C=O) groups is 1. The van der Waals surface area contributed by atoms with Crippen LogP contribution in [0.3, 0.4) is 0 Å². The van der Waals surface area contributed by atoms with Gasteiger partial charge in [-0.3, -0.25) is 9.36 Å². The van der Waals surface area contributed by atoms with Crippen LogP contribution >= 0.6 is 7.82 Å². The molecule has 1 amide bonds. The molecular weight excluding hydrogens is 864 g/mol. The largest absolute Gasteiger partial charge is 0.756 e. The number of amides is 1. The van der Waals surface area contributed by atoms with Gasteiger partial charge in [0.15, 0.2) is 0 Å². The fourth-order valence-corrected chi connectivity index (χ4v) is 9.44. The van der Waals surface area contributed by atoms with Crippen molar-refractivity contribution in [3.8, 4) is 0 Å². The summed E-state index contributed by atoms with van der Waals surface area (Å²) in [5.74, 6) is -0.193. The first kappa shape index (κ1) is 66.7. The number of allylic oxidation sites excluding steroid dienone is 5. The zero-order valence-corrected chi connectivity index (χ0v) is 46.7. The van der Waals surface area contributed by atoms with Crippen molar-refractivity contribution >= 4 is 13.7 Å². The maximum absolute atomic E-state index is 13.0. The Morgan fingerprint density at radius 3 is 1.22 bits per heavy atom. The Morgan fingerprint density at radius 1 is 0.515 bits per heavy atom. The number of carbonyl (C=O) groups excluding carboxylic acids is 1. The number of likely N-dealkylation sites (N-methyl/N-ethyl adjacent to an activating group) is 1. The second kappa shape index (κ2) is 50.7. The minimum Gasteiger partial charge on any atom is -0.756 e. The van der Waals surface area contributed by atoms with Crippen molar-refractivity contribution in [2.75, 3.05) is 40.9 Å². The number of hydrogen-bond acceptors (Lipinski definition) is 6. The van der Waals surface area contributed by atoms with Gasteiger partial charge in [-0.05, 0) is 51.4 Å². The quantitative estimate of drug-likeness (QED) is 0.0272. The standard InChI is InChI=1S/C59H115N2O6P/c1-6-8-10-12-14-16-18-20-22-24-25-26-27-28-29-30-31-32-33-34-35-37-39-41-43-45-47-49-51-53-59(63)60-57(56-67-68(64,65)66-55-54-61(3,4)5)58(62)52-50-48-46-44-42-40-38-36-23-21-19-17-15-13-11-9-7-2/h18,20,24-25,50,52,57-58,62H,6-17,19,21-23,26-49,51,53-56H2,1-5H3,(H-,60,63,64,65)/b20-18-,25-24-,52-50+. The maximum atomic E-state index is 13.0. The molecule has 8 nitrogen and oxygen atoms in total. The van der Waals surface area contributed by atoms with E-state index in [0.717, 1.165) is 44.9 Å². The highest BCUT2D eigenvalue weighted by atomic mass is 31.2. The Labute approximate surface area is 423 Å². The summed E-state index contributed by atoms with van der Waals surface area (Å²) in [6.07, 6.45) is 65.0. The lowest BCUT2D eigenvalue weighted by atomic mass is 10.0. The molecule has 0 aromatic heterocycles. The van der Waals surface area contributed by atoms with E-state index in [0.29, 0.717) is 17.4 Å². The van der Waals surface area contributed by atoms with Crippen LogP contribution in [0, 0.1) is 0 Å². The van der Waals surface area contributed by atoms with Crippen molar-refractivity contribution in [2.45, 2.75) is 296 Å². The van der Waals surface area contributed by atoms with Crippen LogP contribution in [-0.2, 0) is 18.4 Å². The Hall–Kier alpha value is -1.28. The van der Waals surface area contributed by atoms with Gasteiger partial charge in [0.25, 0.3) is 7.82 Å². The van der Waals surface area contributed by atoms with Gasteiger partial charge in [-0.15, -0.1) is 0 Å². The molecule has 0 saturated carbocycles. The van der Waals surface area contributed by atoms with Crippen LogP contribution < -0.4 is 10.2 Å². The molecule has 2 N–H and O–H groups in total. The molecule has 0 aliphatic rings. The highest BCUT2D eigenvalue weighted by Crippen LogP contribution is 2.38. The Morgan fingerprint density at radius 2 is 0.853 bits per heavy atom. The van der Waals surface area contributed by atoms with Crippen molar-refractivity contribution in [1.82, 2.24) is 5.32 Å². The lowest BCUT2D eigenvalue weighted by Crippen LogP contribution is -2.45. The van der Waals surface area contributed by atoms with E-state index in [-0.39, 0.29) is 19.1 Å². The average molecular weight is 980 g/mol. The fourth-order valence-electron chi connectivity index (χ4n) is 8.72. The van der Waals surface area contributed by atoms with Gasteiger partial charge in [-0.2, -0.15) is 0 Å². The van der Waals surface area contributed by atoms with E-state index in [2.05, 4.69) is 43.5 Å². The molecule has 0 aliphatic heterocycles. The molecule has 9 heteroatoms. The molecule has 0 heterocycles. The topological polar surface area (TPSA) is 108 Å². The normalized spacial score (nSPS) is 14.2. The van der Waals surface area contributed by atoms with E-state index >= 15 is 0 Å². The van der Waals surface area contributed by atoms with Gasteiger partial charge < -0.3 is 28.8 Å². The average Bonchev–Trinajstić information content (AvgIpc) is 3.30. The van der Waals surface area contributed by atoms with Crippen molar-refractivity contribution in [1.29, 1.82) is 0 Å². The second-order valence-electron chi connectivity index (χ2n) is 21.4. The van der Waals surface area contributed by atoms with Crippen molar-refractivity contribution in [3.05, 3.63) is 36.5 Å². The Bertz CT molecular complexity index is 1200. The molecule has 0 spiro atoms. The first-order chi connectivity index (χ1) is 33.0. The van der Waals surface area contributed by atoms with E-state index in [1.165, 1.54) is 218 Å². The first-order valence-corrected chi connectivity index (χ1v) is 30.8. The lowest BCUT2D eigenvalue weighted by molar-refractivity contribution is -0.870. The van der Waals surface area contributed by atoms with E-state index in [1.807, 2.05) is 27.2 Å². The van der Waals surface area contributed by atoms with E-state index in [9.17, 15) is 19.4 Å². The molecule has 0 rings (SSSR count). The Balaban J connectivity index is 4.11. The van der Waals surface area contributed by atoms with Crippen molar-refractivity contribution in [3.63, 3.8) is 0 Å². The van der Waals surface area contributed by atoms with Crippen LogP contribution in [0.4, 0.5) is 0 Å². The molecule has 68 heavy (non-hydrogen) atoms. The number of rotatable bonds is 54. The van der Waals surface area contributed by atoms with Gasteiger partial charge in [0.2, 0.25) is 5.91 Å². The first-order valence-electron chi connectivity index (χ1n) is 29.4. The summed E-state index contributed by atoms with van der Waals surface area (Å²) in [4.78, 5) is 25.5. The number of aliphatic hydroxyl groups excluding tert-OH is 1. The zero-order chi connectivity index (χ0) is 49.9. The van der Waals surface area contributed by atoms with E-state index in [1.54, 1.807) is 6.08 Å². The summed E-state index contributed by atoms with van der Waals surface area (Å²) in [6, 6.07) is -0.885. The fraction of sp³-hybridized carbons (Fsp3) is 0.881. The van der Waals surface area contributed by atoms with Crippen LogP contribution in [-0.4, -0.2) is 68.5 Å². The molecular formula is C59H115N2O6P. The zero-order valence-electron chi connectivity index (χ0n) is 45.8. The molecule has 0 aliphatic carbocycles. The molecule has 3 atom stereocenters. The smallest absolute Gasteiger partial charge is 0.268 e. The molecule has 0 aromatic carbocycles. The Kier molecular flexibility index (Phi) is 49.7. The second-order valence-corrected chi connectivity index (χ2v) is 22.8. The highest BCUT2D eigenvalue weighted by molar-refractivity contribution is 7.45.